The molecule has 0 spiro atoms. The largest absolute Gasteiger partial charge is 0.493 e. The molecule has 1 N–H and O–H groups in total. The maximum absolute atomic E-state index is 11.9. The van der Waals surface area contributed by atoms with Crippen molar-refractivity contribution >= 4 is 5.91 Å². The summed E-state index contributed by atoms with van der Waals surface area (Å²) < 4.78 is 5.60. The maximum Gasteiger partial charge on any atom is 0.224 e. The van der Waals surface area contributed by atoms with E-state index in [1.807, 2.05) is 42.5 Å². The molecule has 108 valence electrons. The number of ether oxygens (including phenoxy) is 1. The molecule has 0 atom stereocenters. The van der Waals surface area contributed by atoms with Crippen LogP contribution < -0.4 is 10.1 Å². The molecular formula is C18H19NO2. The van der Waals surface area contributed by atoms with Crippen molar-refractivity contribution in [3.05, 3.63) is 65.2 Å². The van der Waals surface area contributed by atoms with E-state index in [0.29, 0.717) is 13.0 Å². The van der Waals surface area contributed by atoms with E-state index in [9.17, 15) is 4.79 Å². The molecule has 1 aliphatic rings. The monoisotopic (exact) mass is 281 g/mol. The Hall–Kier alpha value is -2.29. The van der Waals surface area contributed by atoms with Crippen molar-refractivity contribution in [2.75, 3.05) is 6.61 Å². The van der Waals surface area contributed by atoms with Crippen LogP contribution in [-0.2, 0) is 24.2 Å². The highest BCUT2D eigenvalue weighted by molar-refractivity contribution is 5.78. The molecule has 0 bridgehead atoms. The van der Waals surface area contributed by atoms with Gasteiger partial charge in [-0.3, -0.25) is 4.79 Å². The molecular weight excluding hydrogens is 262 g/mol. The van der Waals surface area contributed by atoms with E-state index in [1.54, 1.807) is 0 Å². The van der Waals surface area contributed by atoms with E-state index in [4.69, 9.17) is 4.74 Å². The Morgan fingerprint density at radius 3 is 2.81 bits per heavy atom. The van der Waals surface area contributed by atoms with Gasteiger partial charge in [0.2, 0.25) is 5.91 Å². The molecule has 21 heavy (non-hydrogen) atoms. The van der Waals surface area contributed by atoms with Crippen molar-refractivity contribution in [1.29, 1.82) is 0 Å². The molecule has 0 saturated carbocycles. The third-order valence-corrected chi connectivity index (χ3v) is 3.67. The van der Waals surface area contributed by atoms with E-state index in [2.05, 4.69) is 11.4 Å². The Morgan fingerprint density at radius 1 is 1.10 bits per heavy atom. The minimum Gasteiger partial charge on any atom is -0.493 e. The summed E-state index contributed by atoms with van der Waals surface area (Å²) in [5.74, 6) is 1.04. The number of hydrogen-bond acceptors (Lipinski definition) is 2. The van der Waals surface area contributed by atoms with Crippen LogP contribution in [0.3, 0.4) is 0 Å². The maximum atomic E-state index is 11.9. The van der Waals surface area contributed by atoms with Crippen molar-refractivity contribution < 1.29 is 9.53 Å². The Labute approximate surface area is 124 Å². The number of fused-ring (bicyclic) bond motifs is 1. The van der Waals surface area contributed by atoms with Crippen LogP contribution in [0.15, 0.2) is 48.5 Å². The van der Waals surface area contributed by atoms with Crippen LogP contribution in [0.4, 0.5) is 0 Å². The van der Waals surface area contributed by atoms with Gasteiger partial charge in [-0.15, -0.1) is 0 Å². The summed E-state index contributed by atoms with van der Waals surface area (Å²) in [6.45, 7) is 1.37. The van der Waals surface area contributed by atoms with Crippen molar-refractivity contribution in [2.45, 2.75) is 25.8 Å². The van der Waals surface area contributed by atoms with Crippen molar-refractivity contribution in [2.24, 2.45) is 0 Å². The van der Waals surface area contributed by atoms with Gasteiger partial charge in [-0.25, -0.2) is 0 Å². The van der Waals surface area contributed by atoms with Gasteiger partial charge in [0.1, 0.15) is 5.75 Å². The Kier molecular flexibility index (Phi) is 4.20. The fourth-order valence-electron chi connectivity index (χ4n) is 2.57. The Bertz CT molecular complexity index is 622. The first-order chi connectivity index (χ1) is 10.3. The van der Waals surface area contributed by atoms with Gasteiger partial charge in [0.15, 0.2) is 0 Å². The van der Waals surface area contributed by atoms with E-state index < -0.39 is 0 Å². The minimum absolute atomic E-state index is 0.0511. The summed E-state index contributed by atoms with van der Waals surface area (Å²) in [6, 6.07) is 16.0. The highest BCUT2D eigenvalue weighted by Crippen LogP contribution is 2.25. The van der Waals surface area contributed by atoms with Crippen LogP contribution in [0, 0.1) is 0 Å². The summed E-state index contributed by atoms with van der Waals surface area (Å²) in [4.78, 5) is 11.9. The van der Waals surface area contributed by atoms with Gasteiger partial charge in [0.25, 0.3) is 0 Å². The van der Waals surface area contributed by atoms with Gasteiger partial charge in [0, 0.05) is 6.54 Å². The fraction of sp³-hybridized carbons (Fsp3) is 0.278. The molecule has 1 heterocycles. The summed E-state index contributed by atoms with van der Waals surface area (Å²) in [5, 5.41) is 2.97. The topological polar surface area (TPSA) is 38.3 Å². The molecule has 0 radical (unpaired) electrons. The van der Waals surface area contributed by atoms with Gasteiger partial charge in [-0.05, 0) is 35.6 Å². The van der Waals surface area contributed by atoms with E-state index in [-0.39, 0.29) is 5.91 Å². The quantitative estimate of drug-likeness (QED) is 0.936. The molecule has 0 aromatic heterocycles. The van der Waals surface area contributed by atoms with Crippen LogP contribution in [0.5, 0.6) is 5.75 Å². The molecule has 0 fully saturated rings. The zero-order chi connectivity index (χ0) is 14.5. The van der Waals surface area contributed by atoms with Crippen molar-refractivity contribution in [3.8, 4) is 5.75 Å². The molecule has 1 aliphatic heterocycles. The summed E-state index contributed by atoms with van der Waals surface area (Å²) in [7, 11) is 0. The molecule has 3 rings (SSSR count). The number of carbonyl (C=O) groups excluding carboxylic acids is 1. The third kappa shape index (κ3) is 3.63. The number of amides is 1. The minimum atomic E-state index is 0.0511. The van der Waals surface area contributed by atoms with Crippen molar-refractivity contribution in [1.82, 2.24) is 5.32 Å². The second-order valence-electron chi connectivity index (χ2n) is 5.33. The SMILES string of the molecule is O=C(Cc1ccccc1)NCc1ccc2c(c1)CCCO2. The number of hydrogen-bond donors (Lipinski definition) is 1. The smallest absolute Gasteiger partial charge is 0.224 e. The Morgan fingerprint density at radius 2 is 1.95 bits per heavy atom. The van der Waals surface area contributed by atoms with Gasteiger partial charge in [0.05, 0.1) is 13.0 Å². The van der Waals surface area contributed by atoms with Crippen LogP contribution in [0.2, 0.25) is 0 Å². The Balaban J connectivity index is 1.56. The normalized spacial score (nSPS) is 13.1. The summed E-state index contributed by atoms with van der Waals surface area (Å²) in [6.07, 6.45) is 2.55. The molecule has 2 aromatic carbocycles. The average Bonchev–Trinajstić information content (AvgIpc) is 2.54. The zero-order valence-corrected chi connectivity index (χ0v) is 12.0. The van der Waals surface area contributed by atoms with E-state index in [0.717, 1.165) is 36.3 Å². The van der Waals surface area contributed by atoms with Crippen LogP contribution in [0.1, 0.15) is 23.1 Å². The molecule has 0 aliphatic carbocycles. The van der Waals surface area contributed by atoms with Gasteiger partial charge >= 0.3 is 0 Å². The third-order valence-electron chi connectivity index (χ3n) is 3.67. The van der Waals surface area contributed by atoms with Gasteiger partial charge in [-0.1, -0.05) is 42.5 Å². The lowest BCUT2D eigenvalue weighted by atomic mass is 10.0. The predicted octanol–water partition coefficient (Wildman–Crippen LogP) is 2.87. The lowest BCUT2D eigenvalue weighted by molar-refractivity contribution is -0.120. The number of carbonyl (C=O) groups is 1. The second kappa shape index (κ2) is 6.44. The first-order valence-corrected chi connectivity index (χ1v) is 7.36. The van der Waals surface area contributed by atoms with Crippen molar-refractivity contribution in [3.63, 3.8) is 0 Å². The molecule has 2 aromatic rings. The highest BCUT2D eigenvalue weighted by Gasteiger charge is 2.11. The van der Waals surface area contributed by atoms with Crippen LogP contribution in [-0.4, -0.2) is 12.5 Å². The lowest BCUT2D eigenvalue weighted by Gasteiger charge is -2.18. The van der Waals surface area contributed by atoms with Crippen LogP contribution in [0.25, 0.3) is 0 Å². The zero-order valence-electron chi connectivity index (χ0n) is 12.0. The fourth-order valence-corrected chi connectivity index (χ4v) is 2.57. The standard InChI is InChI=1S/C18H19NO2/c20-18(12-14-5-2-1-3-6-14)19-13-15-8-9-17-16(11-15)7-4-10-21-17/h1-3,5-6,8-9,11H,4,7,10,12-13H2,(H,19,20). The summed E-state index contributed by atoms with van der Waals surface area (Å²) >= 11 is 0. The first kappa shape index (κ1) is 13.7. The van der Waals surface area contributed by atoms with E-state index >= 15 is 0 Å². The number of aryl methyl sites for hydroxylation is 1. The molecule has 3 heteroatoms. The van der Waals surface area contributed by atoms with Gasteiger partial charge in [-0.2, -0.15) is 0 Å². The van der Waals surface area contributed by atoms with Crippen LogP contribution >= 0.6 is 0 Å². The number of rotatable bonds is 4. The van der Waals surface area contributed by atoms with E-state index in [1.165, 1.54) is 5.56 Å². The summed E-state index contributed by atoms with van der Waals surface area (Å²) in [5.41, 5.74) is 3.41. The molecule has 0 unspecified atom stereocenters. The number of nitrogens with one attached hydrogen (secondary N) is 1. The number of benzene rings is 2. The molecule has 0 saturated heterocycles. The predicted molar refractivity (Wildman–Crippen MR) is 82.3 cm³/mol. The first-order valence-electron chi connectivity index (χ1n) is 7.36. The lowest BCUT2D eigenvalue weighted by Crippen LogP contribution is -2.24. The second-order valence-corrected chi connectivity index (χ2v) is 5.33. The highest BCUT2D eigenvalue weighted by atomic mass is 16.5. The average molecular weight is 281 g/mol. The molecule has 1 amide bonds. The molecule has 3 nitrogen and oxygen atoms in total. The van der Waals surface area contributed by atoms with Gasteiger partial charge < -0.3 is 10.1 Å².